The first kappa shape index (κ1) is 12.9. The minimum atomic E-state index is 0.176. The summed E-state index contributed by atoms with van der Waals surface area (Å²) in [5.74, 6) is 1.27. The van der Waals surface area contributed by atoms with Gasteiger partial charge in [-0.05, 0) is 41.8 Å². The van der Waals surface area contributed by atoms with Gasteiger partial charge in [-0.3, -0.25) is 4.79 Å². The number of benzene rings is 1. The monoisotopic (exact) mass is 269 g/mol. The maximum atomic E-state index is 11.4. The smallest absolute Gasteiger partial charge is 0.219 e. The van der Waals surface area contributed by atoms with E-state index in [2.05, 4.69) is 23.2 Å². The van der Waals surface area contributed by atoms with Crippen LogP contribution in [-0.4, -0.2) is 28.9 Å². The van der Waals surface area contributed by atoms with Crippen LogP contribution in [0.4, 0.5) is 5.82 Å². The van der Waals surface area contributed by atoms with Crippen molar-refractivity contribution in [2.45, 2.75) is 25.7 Å². The van der Waals surface area contributed by atoms with Crippen LogP contribution in [-0.2, 0) is 4.79 Å². The highest BCUT2D eigenvalue weighted by Gasteiger charge is 2.22. The lowest BCUT2D eigenvalue weighted by atomic mass is 9.88. The molecule has 2 N–H and O–H groups in total. The molecule has 1 amide bonds. The van der Waals surface area contributed by atoms with Crippen LogP contribution in [0.1, 0.15) is 31.2 Å². The molecule has 0 spiro atoms. The lowest BCUT2D eigenvalue weighted by Gasteiger charge is -2.31. The Morgan fingerprint density at radius 1 is 1.30 bits per heavy atom. The van der Waals surface area contributed by atoms with Crippen molar-refractivity contribution >= 4 is 22.5 Å². The molecular formula is C16H19N3O. The quantitative estimate of drug-likeness (QED) is 0.865. The molecule has 1 fully saturated rings. The molecule has 3 rings (SSSR count). The van der Waals surface area contributed by atoms with Gasteiger partial charge in [0, 0.05) is 31.6 Å². The summed E-state index contributed by atoms with van der Waals surface area (Å²) < 4.78 is 0. The van der Waals surface area contributed by atoms with Gasteiger partial charge in [0.1, 0.15) is 5.82 Å². The van der Waals surface area contributed by atoms with E-state index in [-0.39, 0.29) is 5.91 Å². The highest BCUT2D eigenvalue weighted by atomic mass is 16.2. The van der Waals surface area contributed by atoms with Crippen molar-refractivity contribution in [1.29, 1.82) is 0 Å². The summed E-state index contributed by atoms with van der Waals surface area (Å²) in [5, 5.41) is 2.15. The maximum Gasteiger partial charge on any atom is 0.219 e. The van der Waals surface area contributed by atoms with Crippen molar-refractivity contribution in [3.8, 4) is 0 Å². The minimum absolute atomic E-state index is 0.176. The van der Waals surface area contributed by atoms with E-state index in [9.17, 15) is 4.79 Å². The van der Waals surface area contributed by atoms with Gasteiger partial charge < -0.3 is 10.6 Å². The number of carbonyl (C=O) groups excluding carboxylic acids is 1. The van der Waals surface area contributed by atoms with Crippen LogP contribution in [0.15, 0.2) is 30.5 Å². The molecule has 0 bridgehead atoms. The Labute approximate surface area is 118 Å². The van der Waals surface area contributed by atoms with Crippen LogP contribution in [0, 0.1) is 0 Å². The Bertz CT molecular complexity index is 645. The van der Waals surface area contributed by atoms with Gasteiger partial charge in [0.25, 0.3) is 0 Å². The Hall–Kier alpha value is -2.10. The van der Waals surface area contributed by atoms with Crippen LogP contribution in [0.3, 0.4) is 0 Å². The first-order chi connectivity index (χ1) is 9.65. The lowest BCUT2D eigenvalue weighted by molar-refractivity contribution is -0.129. The minimum Gasteiger partial charge on any atom is -0.383 e. The average Bonchev–Trinajstić information content (AvgIpc) is 2.47. The van der Waals surface area contributed by atoms with E-state index in [1.165, 1.54) is 5.56 Å². The van der Waals surface area contributed by atoms with Crippen molar-refractivity contribution in [3.63, 3.8) is 0 Å². The lowest BCUT2D eigenvalue weighted by Crippen LogP contribution is -2.36. The second-order valence-corrected chi connectivity index (χ2v) is 5.46. The molecule has 1 aromatic carbocycles. The van der Waals surface area contributed by atoms with Gasteiger partial charge in [0.2, 0.25) is 5.91 Å². The number of likely N-dealkylation sites (tertiary alicyclic amines) is 1. The van der Waals surface area contributed by atoms with Gasteiger partial charge in [-0.25, -0.2) is 4.98 Å². The molecule has 4 heteroatoms. The molecule has 2 heterocycles. The van der Waals surface area contributed by atoms with Crippen molar-refractivity contribution < 1.29 is 4.79 Å². The molecule has 0 saturated carbocycles. The molecule has 20 heavy (non-hydrogen) atoms. The number of hydrogen-bond donors (Lipinski definition) is 1. The topological polar surface area (TPSA) is 59.2 Å². The fourth-order valence-corrected chi connectivity index (χ4v) is 2.99. The van der Waals surface area contributed by atoms with Crippen LogP contribution >= 0.6 is 0 Å². The van der Waals surface area contributed by atoms with Crippen molar-refractivity contribution in [2.75, 3.05) is 18.8 Å². The summed E-state index contributed by atoms with van der Waals surface area (Å²) in [7, 11) is 0. The highest BCUT2D eigenvalue weighted by molar-refractivity contribution is 5.91. The van der Waals surface area contributed by atoms with E-state index in [4.69, 9.17) is 5.73 Å². The summed E-state index contributed by atoms with van der Waals surface area (Å²) in [6.45, 7) is 3.34. The maximum absolute atomic E-state index is 11.4. The standard InChI is InChI=1S/C16H19N3O/c1-11(20)19-8-5-12(6-9-19)14-3-2-13-4-7-18-16(17)15(13)10-14/h2-4,7,10,12H,5-6,8-9H2,1H3,(H2,17,18). The van der Waals surface area contributed by atoms with E-state index >= 15 is 0 Å². The zero-order valence-electron chi connectivity index (χ0n) is 11.7. The van der Waals surface area contributed by atoms with Crippen molar-refractivity contribution in [3.05, 3.63) is 36.0 Å². The molecule has 4 nitrogen and oxygen atoms in total. The predicted molar refractivity (Wildman–Crippen MR) is 80.4 cm³/mol. The van der Waals surface area contributed by atoms with Crippen LogP contribution < -0.4 is 5.73 Å². The molecule has 0 unspecified atom stereocenters. The van der Waals surface area contributed by atoms with E-state index < -0.39 is 0 Å². The van der Waals surface area contributed by atoms with Gasteiger partial charge >= 0.3 is 0 Å². The third-order valence-electron chi connectivity index (χ3n) is 4.23. The molecule has 1 saturated heterocycles. The van der Waals surface area contributed by atoms with E-state index in [1.54, 1.807) is 13.1 Å². The zero-order chi connectivity index (χ0) is 14.1. The van der Waals surface area contributed by atoms with E-state index in [0.717, 1.165) is 36.7 Å². The van der Waals surface area contributed by atoms with Crippen LogP contribution in [0.5, 0.6) is 0 Å². The summed E-state index contributed by atoms with van der Waals surface area (Å²) in [6, 6.07) is 8.43. The summed E-state index contributed by atoms with van der Waals surface area (Å²) in [5.41, 5.74) is 7.26. The van der Waals surface area contributed by atoms with Gasteiger partial charge in [0.05, 0.1) is 0 Å². The van der Waals surface area contributed by atoms with Gasteiger partial charge in [0.15, 0.2) is 0 Å². The van der Waals surface area contributed by atoms with E-state index in [1.807, 2.05) is 11.0 Å². The fourth-order valence-electron chi connectivity index (χ4n) is 2.99. The Balaban J connectivity index is 1.85. The van der Waals surface area contributed by atoms with Gasteiger partial charge in [-0.1, -0.05) is 12.1 Å². The molecule has 1 aliphatic rings. The Kier molecular flexibility index (Phi) is 3.30. The predicted octanol–water partition coefficient (Wildman–Crippen LogP) is 2.54. The third-order valence-corrected chi connectivity index (χ3v) is 4.23. The van der Waals surface area contributed by atoms with Crippen molar-refractivity contribution in [1.82, 2.24) is 9.88 Å². The zero-order valence-corrected chi connectivity index (χ0v) is 11.7. The Morgan fingerprint density at radius 3 is 2.75 bits per heavy atom. The van der Waals surface area contributed by atoms with E-state index in [0.29, 0.717) is 11.7 Å². The first-order valence-electron chi connectivity index (χ1n) is 7.05. The summed E-state index contributed by atoms with van der Waals surface area (Å²) in [4.78, 5) is 17.4. The number of aromatic nitrogens is 1. The van der Waals surface area contributed by atoms with Crippen molar-refractivity contribution in [2.24, 2.45) is 0 Å². The normalized spacial score (nSPS) is 16.6. The SMILES string of the molecule is CC(=O)N1CCC(c2ccc3ccnc(N)c3c2)CC1. The number of nitrogen functional groups attached to an aromatic ring is 1. The Morgan fingerprint density at radius 2 is 2.05 bits per heavy atom. The number of nitrogens with two attached hydrogens (primary N) is 1. The number of carbonyl (C=O) groups is 1. The molecular weight excluding hydrogens is 250 g/mol. The largest absolute Gasteiger partial charge is 0.383 e. The first-order valence-corrected chi connectivity index (χ1v) is 7.05. The number of nitrogens with zero attached hydrogens (tertiary/aromatic N) is 2. The number of fused-ring (bicyclic) bond motifs is 1. The number of piperidine rings is 1. The van der Waals surface area contributed by atoms with Crippen LogP contribution in [0.2, 0.25) is 0 Å². The number of amides is 1. The second-order valence-electron chi connectivity index (χ2n) is 5.46. The third kappa shape index (κ3) is 2.33. The molecule has 104 valence electrons. The fraction of sp³-hybridized carbons (Fsp3) is 0.375. The number of anilines is 1. The number of rotatable bonds is 1. The second kappa shape index (κ2) is 5.12. The molecule has 1 aromatic heterocycles. The molecule has 0 aliphatic carbocycles. The molecule has 2 aromatic rings. The van der Waals surface area contributed by atoms with Crippen LogP contribution in [0.25, 0.3) is 10.8 Å². The molecule has 0 radical (unpaired) electrons. The summed E-state index contributed by atoms with van der Waals surface area (Å²) >= 11 is 0. The summed E-state index contributed by atoms with van der Waals surface area (Å²) in [6.07, 6.45) is 3.78. The number of pyridine rings is 1. The highest BCUT2D eigenvalue weighted by Crippen LogP contribution is 2.31. The average molecular weight is 269 g/mol. The number of hydrogen-bond acceptors (Lipinski definition) is 3. The van der Waals surface area contributed by atoms with Gasteiger partial charge in [-0.2, -0.15) is 0 Å². The van der Waals surface area contributed by atoms with Gasteiger partial charge in [-0.15, -0.1) is 0 Å². The molecule has 1 aliphatic heterocycles. The molecule has 0 atom stereocenters.